The summed E-state index contributed by atoms with van der Waals surface area (Å²) in [5.74, 6) is -0.527. The van der Waals surface area contributed by atoms with Gasteiger partial charge in [-0.05, 0) is 25.5 Å². The number of rotatable bonds is 5. The smallest absolute Gasteiger partial charge is 0.308 e. The fourth-order valence-electron chi connectivity index (χ4n) is 1.50. The zero-order chi connectivity index (χ0) is 12.8. The van der Waals surface area contributed by atoms with Gasteiger partial charge in [0.1, 0.15) is 6.10 Å². The Morgan fingerprint density at radius 3 is 2.82 bits per heavy atom. The van der Waals surface area contributed by atoms with Crippen LogP contribution in [0.5, 0.6) is 0 Å². The van der Waals surface area contributed by atoms with Crippen molar-refractivity contribution in [1.82, 2.24) is 4.98 Å². The van der Waals surface area contributed by atoms with Crippen LogP contribution in [0.1, 0.15) is 30.6 Å². The van der Waals surface area contributed by atoms with Crippen molar-refractivity contribution < 1.29 is 19.7 Å². The molecule has 0 bridgehead atoms. The second kappa shape index (κ2) is 6.32. The fraction of sp³-hybridized carbons (Fsp3) is 0.500. The number of ether oxygens (including phenoxy) is 1. The molecule has 0 saturated carbocycles. The van der Waals surface area contributed by atoms with Crippen molar-refractivity contribution in [2.45, 2.75) is 32.5 Å². The van der Waals surface area contributed by atoms with Crippen LogP contribution >= 0.6 is 0 Å². The Bertz CT molecular complexity index is 381. The third-order valence-corrected chi connectivity index (χ3v) is 2.44. The lowest BCUT2D eigenvalue weighted by Gasteiger charge is -2.18. The van der Waals surface area contributed by atoms with Gasteiger partial charge in [0.2, 0.25) is 0 Å². The number of pyridine rings is 1. The summed E-state index contributed by atoms with van der Waals surface area (Å²) in [6.07, 6.45) is 0.533. The molecule has 1 heterocycles. The van der Waals surface area contributed by atoms with Crippen LogP contribution in [0.15, 0.2) is 18.5 Å². The third kappa shape index (κ3) is 3.80. The molecule has 2 atom stereocenters. The Morgan fingerprint density at radius 1 is 1.53 bits per heavy atom. The largest absolute Gasteiger partial charge is 0.466 e. The normalized spacial score (nSPS) is 14.1. The number of esters is 1. The average molecular weight is 239 g/mol. The van der Waals surface area contributed by atoms with E-state index in [-0.39, 0.29) is 13.0 Å². The summed E-state index contributed by atoms with van der Waals surface area (Å²) >= 11 is 0. The van der Waals surface area contributed by atoms with E-state index in [2.05, 4.69) is 4.98 Å². The highest BCUT2D eigenvalue weighted by molar-refractivity contribution is 5.70. The Balaban J connectivity index is 2.67. The third-order valence-electron chi connectivity index (χ3n) is 2.44. The van der Waals surface area contributed by atoms with Crippen LogP contribution in [0.25, 0.3) is 0 Å². The zero-order valence-electron chi connectivity index (χ0n) is 9.96. The fourth-order valence-corrected chi connectivity index (χ4v) is 1.50. The van der Waals surface area contributed by atoms with Crippen molar-refractivity contribution in [3.8, 4) is 0 Å². The molecule has 1 rings (SSSR count). The van der Waals surface area contributed by atoms with Crippen molar-refractivity contribution in [2.24, 2.45) is 0 Å². The number of hydrogen-bond acceptors (Lipinski definition) is 5. The van der Waals surface area contributed by atoms with E-state index in [9.17, 15) is 15.0 Å². The first-order valence-corrected chi connectivity index (χ1v) is 5.48. The predicted molar refractivity (Wildman–Crippen MR) is 61.2 cm³/mol. The number of carbonyl (C=O) groups is 1. The van der Waals surface area contributed by atoms with Crippen LogP contribution in [0.2, 0.25) is 0 Å². The molecule has 0 aliphatic rings. The van der Waals surface area contributed by atoms with Crippen LogP contribution < -0.4 is 0 Å². The van der Waals surface area contributed by atoms with E-state index >= 15 is 0 Å². The van der Waals surface area contributed by atoms with Crippen molar-refractivity contribution >= 4 is 5.97 Å². The zero-order valence-corrected chi connectivity index (χ0v) is 9.96. The highest BCUT2D eigenvalue weighted by atomic mass is 16.5. The summed E-state index contributed by atoms with van der Waals surface area (Å²) in [4.78, 5) is 15.0. The van der Waals surface area contributed by atoms with Gasteiger partial charge in [0.05, 0.1) is 19.1 Å². The van der Waals surface area contributed by atoms with Crippen LogP contribution in [0.4, 0.5) is 0 Å². The van der Waals surface area contributed by atoms with E-state index in [1.54, 1.807) is 26.1 Å². The lowest BCUT2D eigenvalue weighted by molar-refractivity contribution is -0.147. The van der Waals surface area contributed by atoms with Gasteiger partial charge in [-0.3, -0.25) is 9.78 Å². The predicted octanol–water partition coefficient (Wildman–Crippen LogP) is 0.738. The lowest BCUT2D eigenvalue weighted by Crippen LogP contribution is -2.23. The minimum Gasteiger partial charge on any atom is -0.466 e. The molecule has 0 radical (unpaired) electrons. The van der Waals surface area contributed by atoms with E-state index < -0.39 is 18.2 Å². The summed E-state index contributed by atoms with van der Waals surface area (Å²) in [7, 11) is 0. The molecule has 0 aliphatic carbocycles. The highest BCUT2D eigenvalue weighted by Gasteiger charge is 2.23. The number of hydrogen-bond donors (Lipinski definition) is 2. The van der Waals surface area contributed by atoms with E-state index in [1.807, 2.05) is 0 Å². The Labute approximate surface area is 100 Å². The minimum absolute atomic E-state index is 0.233. The summed E-state index contributed by atoms with van der Waals surface area (Å²) in [6, 6.07) is 1.73. The monoisotopic (exact) mass is 239 g/mol. The molecule has 5 heteroatoms. The molecular formula is C12H17NO4. The van der Waals surface area contributed by atoms with Crippen LogP contribution in [0.3, 0.4) is 0 Å². The summed E-state index contributed by atoms with van der Waals surface area (Å²) in [5, 5.41) is 19.6. The molecule has 1 aromatic rings. The first kappa shape index (κ1) is 13.6. The van der Waals surface area contributed by atoms with E-state index in [1.165, 1.54) is 6.20 Å². The molecule has 94 valence electrons. The Kier molecular flexibility index (Phi) is 5.06. The molecule has 0 fully saturated rings. The minimum atomic E-state index is -1.18. The summed E-state index contributed by atoms with van der Waals surface area (Å²) in [5.41, 5.74) is 1.33. The SMILES string of the molecule is CCOC(=O)CC(O)C(O)c1cnccc1C. The number of nitrogens with zero attached hydrogens (tertiary/aromatic N) is 1. The van der Waals surface area contributed by atoms with Gasteiger partial charge in [0, 0.05) is 18.0 Å². The topological polar surface area (TPSA) is 79.7 Å². The van der Waals surface area contributed by atoms with Crippen LogP contribution in [-0.2, 0) is 9.53 Å². The molecule has 0 amide bonds. The van der Waals surface area contributed by atoms with Crippen molar-refractivity contribution in [1.29, 1.82) is 0 Å². The van der Waals surface area contributed by atoms with Crippen molar-refractivity contribution in [2.75, 3.05) is 6.61 Å². The molecule has 5 nitrogen and oxygen atoms in total. The molecule has 2 N–H and O–H groups in total. The van der Waals surface area contributed by atoms with Gasteiger partial charge in [-0.2, -0.15) is 0 Å². The van der Waals surface area contributed by atoms with Crippen LogP contribution in [-0.4, -0.2) is 33.9 Å². The van der Waals surface area contributed by atoms with E-state index in [0.717, 1.165) is 5.56 Å². The Morgan fingerprint density at radius 2 is 2.24 bits per heavy atom. The van der Waals surface area contributed by atoms with Gasteiger partial charge in [-0.15, -0.1) is 0 Å². The lowest BCUT2D eigenvalue weighted by atomic mass is 10.00. The van der Waals surface area contributed by atoms with Crippen molar-refractivity contribution in [3.05, 3.63) is 29.6 Å². The number of aliphatic hydroxyl groups excluding tert-OH is 2. The number of aliphatic hydroxyl groups is 2. The number of aromatic nitrogens is 1. The van der Waals surface area contributed by atoms with E-state index in [0.29, 0.717) is 5.56 Å². The van der Waals surface area contributed by atoms with Gasteiger partial charge in [0.25, 0.3) is 0 Å². The second-order valence-electron chi connectivity index (χ2n) is 3.75. The molecule has 1 aromatic heterocycles. The molecule has 0 aliphatic heterocycles. The first-order chi connectivity index (χ1) is 8.06. The van der Waals surface area contributed by atoms with Gasteiger partial charge < -0.3 is 14.9 Å². The maximum atomic E-state index is 11.2. The van der Waals surface area contributed by atoms with Crippen molar-refractivity contribution in [3.63, 3.8) is 0 Å². The maximum Gasteiger partial charge on any atom is 0.308 e. The molecule has 17 heavy (non-hydrogen) atoms. The highest BCUT2D eigenvalue weighted by Crippen LogP contribution is 2.21. The molecule has 0 saturated heterocycles. The summed E-state index contributed by atoms with van der Waals surface area (Å²) in [6.45, 7) is 3.75. The van der Waals surface area contributed by atoms with Gasteiger partial charge in [-0.1, -0.05) is 0 Å². The van der Waals surface area contributed by atoms with Gasteiger partial charge >= 0.3 is 5.97 Å². The van der Waals surface area contributed by atoms with Gasteiger partial charge in [0.15, 0.2) is 0 Å². The second-order valence-corrected chi connectivity index (χ2v) is 3.75. The number of carbonyl (C=O) groups excluding carboxylic acids is 1. The maximum absolute atomic E-state index is 11.2. The van der Waals surface area contributed by atoms with Crippen LogP contribution in [0, 0.1) is 6.92 Å². The first-order valence-electron chi connectivity index (χ1n) is 5.48. The molecule has 0 aromatic carbocycles. The Hall–Kier alpha value is -1.46. The average Bonchev–Trinajstić information content (AvgIpc) is 2.29. The standard InChI is InChI=1S/C12H17NO4/c1-3-17-11(15)6-10(14)12(16)9-7-13-5-4-8(9)2/h4-5,7,10,12,14,16H,3,6H2,1-2H3. The number of aryl methyl sites for hydroxylation is 1. The van der Waals surface area contributed by atoms with E-state index in [4.69, 9.17) is 4.74 Å². The summed E-state index contributed by atoms with van der Waals surface area (Å²) < 4.78 is 4.70. The quantitative estimate of drug-likeness (QED) is 0.741. The molecule has 2 unspecified atom stereocenters. The molecular weight excluding hydrogens is 222 g/mol. The molecule has 0 spiro atoms. The van der Waals surface area contributed by atoms with Gasteiger partial charge in [-0.25, -0.2) is 0 Å².